The second-order valence-electron chi connectivity index (χ2n) is 5.86. The van der Waals surface area contributed by atoms with E-state index in [2.05, 4.69) is 16.8 Å². The van der Waals surface area contributed by atoms with E-state index in [9.17, 15) is 10.1 Å². The summed E-state index contributed by atoms with van der Waals surface area (Å²) in [5.41, 5.74) is -0.0502. The minimum atomic E-state index is -0.459. The van der Waals surface area contributed by atoms with Gasteiger partial charge in [0.1, 0.15) is 12.0 Å². The fourth-order valence-electron chi connectivity index (χ4n) is 3.78. The number of halogens is 1. The number of fused-ring (bicyclic) bond motifs is 1. The highest BCUT2D eigenvalue weighted by atomic mass is 35.5. The average molecular weight is 296 g/mol. The van der Waals surface area contributed by atoms with Crippen molar-refractivity contribution in [3.8, 4) is 0 Å². The normalized spacial score (nSPS) is 29.3. The number of hydrogen-bond donors (Lipinski definition) is 0. The molecular formula is C14H18ClN3O2. The minimum absolute atomic E-state index is 0.0502. The van der Waals surface area contributed by atoms with Crippen molar-refractivity contribution >= 4 is 23.1 Å². The summed E-state index contributed by atoms with van der Waals surface area (Å²) in [6, 6.07) is 2.30. The molecule has 2 fully saturated rings. The Morgan fingerprint density at radius 2 is 2.20 bits per heavy atom. The topological polar surface area (TPSA) is 59.3 Å². The molecule has 2 aliphatic rings. The predicted molar refractivity (Wildman–Crippen MR) is 78.2 cm³/mol. The van der Waals surface area contributed by atoms with Gasteiger partial charge in [0.15, 0.2) is 0 Å². The van der Waals surface area contributed by atoms with E-state index in [1.807, 2.05) is 0 Å². The van der Waals surface area contributed by atoms with Crippen molar-refractivity contribution in [2.45, 2.75) is 51.1 Å². The summed E-state index contributed by atoms with van der Waals surface area (Å²) in [5, 5.41) is 11.2. The summed E-state index contributed by atoms with van der Waals surface area (Å²) in [7, 11) is 0. The van der Waals surface area contributed by atoms with Crippen LogP contribution in [0.25, 0.3) is 0 Å². The molecule has 3 rings (SSSR count). The first-order valence-corrected chi connectivity index (χ1v) is 7.54. The molecule has 3 atom stereocenters. The summed E-state index contributed by atoms with van der Waals surface area (Å²) < 4.78 is 0. The van der Waals surface area contributed by atoms with Gasteiger partial charge in [-0.05, 0) is 32.1 Å². The maximum absolute atomic E-state index is 10.8. The highest BCUT2D eigenvalue weighted by Gasteiger charge is 2.41. The van der Waals surface area contributed by atoms with Gasteiger partial charge in [-0.25, -0.2) is 4.98 Å². The van der Waals surface area contributed by atoms with Gasteiger partial charge in [0.05, 0.1) is 9.95 Å². The molecule has 3 unspecified atom stereocenters. The Balaban J connectivity index is 1.93. The fraction of sp³-hybridized carbons (Fsp3) is 0.643. The number of rotatable bonds is 2. The summed E-state index contributed by atoms with van der Waals surface area (Å²) in [6.07, 6.45) is 7.47. The molecule has 1 aliphatic carbocycles. The van der Waals surface area contributed by atoms with Crippen molar-refractivity contribution in [2.24, 2.45) is 5.92 Å². The quantitative estimate of drug-likeness (QED) is 0.615. The molecule has 0 spiro atoms. The highest BCUT2D eigenvalue weighted by molar-refractivity contribution is 6.33. The predicted octanol–water partition coefficient (Wildman–Crippen LogP) is 3.80. The first kappa shape index (κ1) is 13.6. The molecule has 2 heterocycles. The maximum Gasteiger partial charge on any atom is 0.289 e. The van der Waals surface area contributed by atoms with Crippen LogP contribution in [-0.2, 0) is 0 Å². The molecule has 20 heavy (non-hydrogen) atoms. The molecule has 1 aromatic heterocycles. The van der Waals surface area contributed by atoms with Crippen molar-refractivity contribution in [1.29, 1.82) is 0 Å². The monoisotopic (exact) mass is 295 g/mol. The maximum atomic E-state index is 10.8. The average Bonchev–Trinajstić information content (AvgIpc) is 2.74. The van der Waals surface area contributed by atoms with Crippen LogP contribution in [0.3, 0.4) is 0 Å². The van der Waals surface area contributed by atoms with Crippen LogP contribution >= 0.6 is 11.6 Å². The molecule has 1 saturated carbocycles. The van der Waals surface area contributed by atoms with E-state index in [0.29, 0.717) is 28.8 Å². The number of pyridine rings is 1. The van der Waals surface area contributed by atoms with Gasteiger partial charge < -0.3 is 4.90 Å². The molecular weight excluding hydrogens is 278 g/mol. The van der Waals surface area contributed by atoms with Gasteiger partial charge in [0, 0.05) is 18.2 Å². The molecule has 0 aromatic carbocycles. The first-order chi connectivity index (χ1) is 9.58. The number of aromatic nitrogens is 1. The second-order valence-corrected chi connectivity index (χ2v) is 6.27. The fourth-order valence-corrected chi connectivity index (χ4v) is 4.04. The third-order valence-corrected chi connectivity index (χ3v) is 4.89. The summed E-state index contributed by atoms with van der Waals surface area (Å²) in [6.45, 7) is 2.19. The lowest BCUT2D eigenvalue weighted by atomic mass is 9.85. The Morgan fingerprint density at radius 1 is 1.45 bits per heavy atom. The second kappa shape index (κ2) is 5.20. The van der Waals surface area contributed by atoms with Gasteiger partial charge in [-0.1, -0.05) is 24.4 Å². The third kappa shape index (κ3) is 2.24. The van der Waals surface area contributed by atoms with Crippen LogP contribution in [0, 0.1) is 16.0 Å². The lowest BCUT2D eigenvalue weighted by molar-refractivity contribution is -0.385. The van der Waals surface area contributed by atoms with E-state index in [1.165, 1.54) is 44.4 Å². The molecule has 6 heteroatoms. The zero-order chi connectivity index (χ0) is 14.3. The van der Waals surface area contributed by atoms with Crippen LogP contribution in [0.15, 0.2) is 12.3 Å². The Kier molecular flexibility index (Phi) is 3.54. The van der Waals surface area contributed by atoms with Crippen molar-refractivity contribution in [3.05, 3.63) is 27.4 Å². The van der Waals surface area contributed by atoms with Crippen molar-refractivity contribution in [3.63, 3.8) is 0 Å². The molecule has 1 saturated heterocycles. The molecule has 0 bridgehead atoms. The zero-order valence-corrected chi connectivity index (χ0v) is 12.2. The van der Waals surface area contributed by atoms with Crippen LogP contribution in [0.5, 0.6) is 0 Å². The smallest absolute Gasteiger partial charge is 0.289 e. The first-order valence-electron chi connectivity index (χ1n) is 7.16. The van der Waals surface area contributed by atoms with E-state index in [0.717, 1.165) is 0 Å². The lowest BCUT2D eigenvalue weighted by Gasteiger charge is -2.34. The summed E-state index contributed by atoms with van der Waals surface area (Å²) in [5.74, 6) is 1.42. The number of hydrogen-bond acceptors (Lipinski definition) is 4. The van der Waals surface area contributed by atoms with Gasteiger partial charge in [-0.2, -0.15) is 0 Å². The SMILES string of the molecule is CC1CC2CCCCC2N1c1ncc([N+](=O)[O-])cc1Cl. The van der Waals surface area contributed by atoms with Crippen molar-refractivity contribution in [2.75, 3.05) is 4.90 Å². The Labute approximate surface area is 123 Å². The highest BCUT2D eigenvalue weighted by Crippen LogP contribution is 2.43. The Morgan fingerprint density at radius 3 is 2.90 bits per heavy atom. The van der Waals surface area contributed by atoms with E-state index in [1.54, 1.807) is 0 Å². The van der Waals surface area contributed by atoms with Gasteiger partial charge in [-0.15, -0.1) is 0 Å². The Bertz CT molecular complexity index is 537. The van der Waals surface area contributed by atoms with Crippen LogP contribution in [0.1, 0.15) is 39.0 Å². The van der Waals surface area contributed by atoms with Crippen LogP contribution in [-0.4, -0.2) is 22.0 Å². The summed E-state index contributed by atoms with van der Waals surface area (Å²) in [4.78, 5) is 16.9. The lowest BCUT2D eigenvalue weighted by Crippen LogP contribution is -2.38. The van der Waals surface area contributed by atoms with Crippen LogP contribution < -0.4 is 4.90 Å². The van der Waals surface area contributed by atoms with Gasteiger partial charge in [-0.3, -0.25) is 10.1 Å². The van der Waals surface area contributed by atoms with Crippen molar-refractivity contribution in [1.82, 2.24) is 4.98 Å². The molecule has 1 aromatic rings. The van der Waals surface area contributed by atoms with Gasteiger partial charge >= 0.3 is 0 Å². The minimum Gasteiger partial charge on any atom is -0.349 e. The molecule has 5 nitrogen and oxygen atoms in total. The molecule has 1 aliphatic heterocycles. The molecule has 0 amide bonds. The van der Waals surface area contributed by atoms with E-state index in [-0.39, 0.29) is 5.69 Å². The number of nitrogens with zero attached hydrogens (tertiary/aromatic N) is 3. The van der Waals surface area contributed by atoms with E-state index >= 15 is 0 Å². The van der Waals surface area contributed by atoms with E-state index < -0.39 is 4.92 Å². The van der Waals surface area contributed by atoms with Crippen molar-refractivity contribution < 1.29 is 4.92 Å². The molecule has 0 radical (unpaired) electrons. The largest absolute Gasteiger partial charge is 0.349 e. The standard InChI is InChI=1S/C14H18ClN3O2/c1-9-6-10-4-2-3-5-13(10)17(9)14-12(15)7-11(8-16-14)18(19)20/h7-10,13H,2-6H2,1H3. The Hall–Kier alpha value is -1.36. The number of nitro groups is 1. The number of anilines is 1. The molecule has 0 N–H and O–H groups in total. The van der Waals surface area contributed by atoms with Crippen LogP contribution in [0.4, 0.5) is 11.5 Å². The summed E-state index contributed by atoms with van der Waals surface area (Å²) >= 11 is 6.24. The molecule has 108 valence electrons. The van der Waals surface area contributed by atoms with Gasteiger partial charge in [0.2, 0.25) is 0 Å². The van der Waals surface area contributed by atoms with Crippen LogP contribution in [0.2, 0.25) is 5.02 Å². The van der Waals surface area contributed by atoms with Gasteiger partial charge in [0.25, 0.3) is 5.69 Å². The van der Waals surface area contributed by atoms with E-state index in [4.69, 9.17) is 11.6 Å². The third-order valence-electron chi connectivity index (χ3n) is 4.61. The zero-order valence-electron chi connectivity index (χ0n) is 11.5.